The van der Waals surface area contributed by atoms with E-state index in [0.717, 1.165) is 117 Å². The molecule has 6 heterocycles. The lowest BCUT2D eigenvalue weighted by molar-refractivity contribution is 0.659. The second-order valence-corrected chi connectivity index (χ2v) is 32.5. The molecule has 24 aromatic rings. The van der Waals surface area contributed by atoms with Crippen molar-refractivity contribution in [1.82, 2.24) is 44.9 Å². The first-order valence-corrected chi connectivity index (χ1v) is 44.2. The Morgan fingerprint density at radius 1 is 0.126 bits per heavy atom. The molecule has 0 amide bonds. The summed E-state index contributed by atoms with van der Waals surface area (Å²) in [6.45, 7) is 0. The third kappa shape index (κ3) is 17.1. The molecule has 0 atom stereocenters. The molecule has 135 heavy (non-hydrogen) atoms. The summed E-state index contributed by atoms with van der Waals surface area (Å²) in [6.07, 6.45) is 0. The molecule has 18 aromatic carbocycles. The van der Waals surface area contributed by atoms with Crippen LogP contribution in [-0.4, -0.2) is 44.9 Å². The fraction of sp³-hybridized carbons (Fsp3) is 0. The van der Waals surface area contributed by atoms with E-state index >= 15 is 0 Å². The molecular formula is C120H75N9O6. The average Bonchev–Trinajstić information content (AvgIpc) is 0.776. The number of para-hydroxylation sites is 3. The van der Waals surface area contributed by atoms with Gasteiger partial charge in [0.2, 0.25) is 16.3 Å². The van der Waals surface area contributed by atoms with Crippen LogP contribution in [-0.2, 0) is 0 Å². The molecule has 24 rings (SSSR count). The fourth-order valence-corrected chi connectivity index (χ4v) is 16.9. The third-order valence-corrected chi connectivity index (χ3v) is 23.9. The highest BCUT2D eigenvalue weighted by Crippen LogP contribution is 2.39. The molecule has 6 aromatic heterocycles. The van der Waals surface area contributed by atoms with Gasteiger partial charge >= 0.3 is 0 Å². The minimum Gasteiger partial charge on any atom is -0.456 e. The Labute approximate surface area is 773 Å². The number of hydrogen-bond donors (Lipinski definition) is 0. The lowest BCUT2D eigenvalue weighted by Gasteiger charge is -2.12. The molecule has 0 saturated heterocycles. The van der Waals surface area contributed by atoms with Crippen LogP contribution >= 0.6 is 0 Å². The van der Waals surface area contributed by atoms with Gasteiger partial charge in [-0.05, 0) is 158 Å². The van der Waals surface area contributed by atoms with Gasteiger partial charge in [-0.3, -0.25) is 14.4 Å². The molecule has 0 N–H and O–H groups in total. The molecule has 636 valence electrons. The maximum absolute atomic E-state index is 13.1. The first kappa shape index (κ1) is 82.1. The van der Waals surface area contributed by atoms with Crippen molar-refractivity contribution >= 4 is 65.8 Å². The minimum atomic E-state index is -0.0202. The van der Waals surface area contributed by atoms with Gasteiger partial charge in [0.1, 0.15) is 33.5 Å². The fourth-order valence-electron chi connectivity index (χ4n) is 16.9. The van der Waals surface area contributed by atoms with Crippen molar-refractivity contribution in [1.29, 1.82) is 0 Å². The van der Waals surface area contributed by atoms with Crippen molar-refractivity contribution < 1.29 is 13.3 Å². The number of hydrogen-bond acceptors (Lipinski definition) is 15. The molecule has 0 aliphatic carbocycles. The number of aromatic nitrogens is 9. The zero-order valence-corrected chi connectivity index (χ0v) is 72.3. The zero-order chi connectivity index (χ0) is 90.5. The van der Waals surface area contributed by atoms with E-state index in [1.807, 2.05) is 328 Å². The molecule has 0 saturated carbocycles. The van der Waals surface area contributed by atoms with Gasteiger partial charge in [-0.2, -0.15) is 0 Å². The predicted molar refractivity (Wildman–Crippen MR) is 542 cm³/mol. The van der Waals surface area contributed by atoms with Gasteiger partial charge in [0.15, 0.2) is 52.4 Å². The number of nitrogens with zero attached hydrogens (tertiary/aromatic N) is 9. The quantitative estimate of drug-likeness (QED) is 0.0875. The van der Waals surface area contributed by atoms with Crippen molar-refractivity contribution in [3.05, 3.63) is 486 Å². The summed E-state index contributed by atoms with van der Waals surface area (Å²) >= 11 is 0. The Kier molecular flexibility index (Phi) is 22.2. The maximum atomic E-state index is 13.1. The summed E-state index contributed by atoms with van der Waals surface area (Å²) < 4.78 is 18.4. The molecule has 0 aliphatic heterocycles. The van der Waals surface area contributed by atoms with E-state index in [4.69, 9.17) is 58.1 Å². The maximum Gasteiger partial charge on any atom is 0.200 e. The van der Waals surface area contributed by atoms with Crippen molar-refractivity contribution in [2.75, 3.05) is 0 Å². The highest BCUT2D eigenvalue weighted by Gasteiger charge is 2.21. The van der Waals surface area contributed by atoms with Crippen molar-refractivity contribution in [3.8, 4) is 169 Å². The van der Waals surface area contributed by atoms with E-state index in [-0.39, 0.29) is 16.3 Å². The van der Waals surface area contributed by atoms with Crippen LogP contribution in [0.2, 0.25) is 0 Å². The first-order chi connectivity index (χ1) is 66.6. The van der Waals surface area contributed by atoms with E-state index in [2.05, 4.69) is 109 Å². The van der Waals surface area contributed by atoms with E-state index in [1.165, 1.54) is 0 Å². The number of rotatable bonds is 15. The summed E-state index contributed by atoms with van der Waals surface area (Å²) in [5.41, 5.74) is 24.0. The van der Waals surface area contributed by atoms with E-state index in [1.54, 1.807) is 18.2 Å². The van der Waals surface area contributed by atoms with Gasteiger partial charge in [0.25, 0.3) is 0 Å². The minimum absolute atomic E-state index is 0.0165. The van der Waals surface area contributed by atoms with Crippen LogP contribution in [0.15, 0.2) is 483 Å². The Bertz CT molecular complexity index is 8620. The molecular weight excluding hydrogens is 1660 g/mol. The summed E-state index contributed by atoms with van der Waals surface area (Å²) in [5.74, 6) is 5.61. The van der Waals surface area contributed by atoms with Crippen LogP contribution in [0.25, 0.3) is 235 Å². The van der Waals surface area contributed by atoms with Crippen LogP contribution in [0.4, 0.5) is 0 Å². The van der Waals surface area contributed by atoms with Crippen LogP contribution in [0, 0.1) is 0 Å². The van der Waals surface area contributed by atoms with Gasteiger partial charge in [-0.25, -0.2) is 44.9 Å². The number of benzene rings is 18. The lowest BCUT2D eigenvalue weighted by Crippen LogP contribution is -2.01. The Hall–Kier alpha value is -18.6. The van der Waals surface area contributed by atoms with Crippen LogP contribution in [0.5, 0.6) is 0 Å². The van der Waals surface area contributed by atoms with Gasteiger partial charge in [0, 0.05) is 50.1 Å². The highest BCUT2D eigenvalue weighted by molar-refractivity contribution is 5.96. The first-order valence-electron chi connectivity index (χ1n) is 44.2. The van der Waals surface area contributed by atoms with Gasteiger partial charge in [0.05, 0.1) is 32.3 Å². The van der Waals surface area contributed by atoms with Crippen LogP contribution < -0.4 is 16.3 Å². The second-order valence-electron chi connectivity index (χ2n) is 32.5. The molecule has 15 nitrogen and oxygen atoms in total. The Morgan fingerprint density at radius 2 is 0.319 bits per heavy atom. The summed E-state index contributed by atoms with van der Waals surface area (Å²) in [4.78, 5) is 82.9. The summed E-state index contributed by atoms with van der Waals surface area (Å²) in [6, 6.07) is 149. The highest BCUT2D eigenvalue weighted by atomic mass is 16.3. The molecule has 0 aliphatic rings. The standard InChI is InChI=1S/3C40H25N3O2/c44-37-33-19-7-8-20-35(33)45-36-25-31(21-22-34(36)37)29-16-9-15-28(23-29)30-17-10-18-32(24-30)40-42-38(26-11-3-1-4-12-26)41-39(43-40)27-13-5-2-6-14-27;44-37-33-17-9-10-18-35(33)45-36-25-30(23-24-34(36)37)26-19-21-27(22-20-26)31-15-7-8-16-32(31)40-42-38(28-11-3-1-4-12-28)41-39(43-40)29-13-5-2-6-14-29;44-37-33-16-7-8-17-35(33)45-36-25-32(22-23-34(36)37)31-15-9-14-30(24-31)26-18-20-29(21-19-26)40-42-38(27-10-3-1-4-11-27)41-39(43-40)28-12-5-2-6-13-28/h3*1-25H. The van der Waals surface area contributed by atoms with E-state index < -0.39 is 0 Å². The molecule has 0 unspecified atom stereocenters. The van der Waals surface area contributed by atoms with E-state index in [0.29, 0.717) is 118 Å². The molecule has 15 heteroatoms. The molecule has 0 fully saturated rings. The van der Waals surface area contributed by atoms with Crippen molar-refractivity contribution in [2.45, 2.75) is 0 Å². The molecule has 0 spiro atoms. The van der Waals surface area contributed by atoms with Gasteiger partial charge < -0.3 is 13.3 Å². The smallest absolute Gasteiger partial charge is 0.200 e. The Balaban J connectivity index is 0.000000118. The van der Waals surface area contributed by atoms with Crippen molar-refractivity contribution in [3.63, 3.8) is 0 Å². The lowest BCUT2D eigenvalue weighted by atomic mass is 9.96. The van der Waals surface area contributed by atoms with Crippen LogP contribution in [0.1, 0.15) is 0 Å². The summed E-state index contributed by atoms with van der Waals surface area (Å²) in [7, 11) is 0. The summed E-state index contributed by atoms with van der Waals surface area (Å²) in [5, 5.41) is 3.49. The monoisotopic (exact) mass is 1740 g/mol. The largest absolute Gasteiger partial charge is 0.456 e. The Morgan fingerprint density at radius 3 is 0.637 bits per heavy atom. The van der Waals surface area contributed by atoms with E-state index in [9.17, 15) is 14.4 Å². The van der Waals surface area contributed by atoms with Crippen LogP contribution in [0.3, 0.4) is 0 Å². The third-order valence-electron chi connectivity index (χ3n) is 23.9. The molecule has 0 bridgehead atoms. The predicted octanol–water partition coefficient (Wildman–Crippen LogP) is 28.4. The number of fused-ring (bicyclic) bond motifs is 6. The SMILES string of the molecule is O=c1c2ccccc2oc2cc(-c3ccc(-c4ccccc4-c4nc(-c5ccccc5)nc(-c5ccccc5)n4)cc3)ccc12.O=c1c2ccccc2oc2cc(-c3cccc(-c4ccc(-c5nc(-c6ccccc6)nc(-c6ccccc6)n5)cc4)c3)ccc12.O=c1c2ccccc2oc2cc(-c3cccc(-c4cccc(-c5nc(-c6ccccc6)nc(-c6ccccc6)n5)c4)c3)ccc12. The van der Waals surface area contributed by atoms with Crippen molar-refractivity contribution in [2.24, 2.45) is 0 Å². The topological polar surface area (TPSA) is 207 Å². The second kappa shape index (κ2) is 36.5. The average molecular weight is 1740 g/mol. The normalized spacial score (nSPS) is 11.2. The van der Waals surface area contributed by atoms with Gasteiger partial charge in [-0.1, -0.05) is 364 Å². The molecule has 0 radical (unpaired) electrons. The van der Waals surface area contributed by atoms with Gasteiger partial charge in [-0.15, -0.1) is 0 Å². The zero-order valence-electron chi connectivity index (χ0n) is 72.3.